The van der Waals surface area contributed by atoms with E-state index in [9.17, 15) is 0 Å². The van der Waals surface area contributed by atoms with Crippen LogP contribution in [0.3, 0.4) is 0 Å². The number of hydrogen-bond donors (Lipinski definition) is 1. The fraction of sp³-hybridized carbons (Fsp3) is 0.600. The van der Waals surface area contributed by atoms with E-state index in [0.717, 1.165) is 30.0 Å². The molecule has 3 nitrogen and oxygen atoms in total. The third-order valence-electron chi connectivity index (χ3n) is 3.49. The molecule has 1 heterocycles. The maximum atomic E-state index is 5.95. The number of methoxy groups -OCH3 is 1. The molecule has 1 aliphatic heterocycles. The van der Waals surface area contributed by atoms with Crippen molar-refractivity contribution < 1.29 is 9.47 Å². The van der Waals surface area contributed by atoms with Crippen molar-refractivity contribution in [3.63, 3.8) is 0 Å². The summed E-state index contributed by atoms with van der Waals surface area (Å²) in [7, 11) is 1.72. The van der Waals surface area contributed by atoms with Gasteiger partial charge in [0, 0.05) is 5.54 Å². The van der Waals surface area contributed by atoms with E-state index >= 15 is 0 Å². The van der Waals surface area contributed by atoms with Crippen LogP contribution in [0, 0.1) is 0 Å². The van der Waals surface area contributed by atoms with Crippen molar-refractivity contribution in [3.8, 4) is 11.5 Å². The van der Waals surface area contributed by atoms with Gasteiger partial charge in [-0.1, -0.05) is 6.07 Å². The Kier molecular flexibility index (Phi) is 3.81. The van der Waals surface area contributed by atoms with Crippen molar-refractivity contribution in [2.24, 2.45) is 0 Å². The summed E-state index contributed by atoms with van der Waals surface area (Å²) >= 11 is 0. The molecule has 0 saturated carbocycles. The van der Waals surface area contributed by atoms with E-state index in [1.807, 2.05) is 32.0 Å². The lowest BCUT2D eigenvalue weighted by molar-refractivity contribution is 0.230. The Morgan fingerprint density at radius 1 is 1.28 bits per heavy atom. The molecule has 0 spiro atoms. The molecule has 1 aromatic rings. The molecule has 18 heavy (non-hydrogen) atoms. The molecule has 1 saturated heterocycles. The lowest BCUT2D eigenvalue weighted by atomic mass is 9.89. The monoisotopic (exact) mass is 249 g/mol. The highest BCUT2D eigenvalue weighted by Crippen LogP contribution is 2.42. The first-order valence-corrected chi connectivity index (χ1v) is 6.66. The van der Waals surface area contributed by atoms with Crippen LogP contribution in [0.25, 0.3) is 0 Å². The molecule has 0 aliphatic carbocycles. The first-order chi connectivity index (χ1) is 8.57. The van der Waals surface area contributed by atoms with Gasteiger partial charge in [0.05, 0.1) is 18.8 Å². The zero-order valence-corrected chi connectivity index (χ0v) is 11.7. The van der Waals surface area contributed by atoms with Crippen LogP contribution in [0.1, 0.15) is 39.2 Å². The van der Waals surface area contributed by atoms with Gasteiger partial charge in [-0.15, -0.1) is 0 Å². The van der Waals surface area contributed by atoms with Crippen LogP contribution in [0.4, 0.5) is 0 Å². The number of ether oxygens (including phenoxy) is 2. The van der Waals surface area contributed by atoms with Gasteiger partial charge in [0.2, 0.25) is 0 Å². The summed E-state index contributed by atoms with van der Waals surface area (Å²) < 4.78 is 11.5. The molecule has 1 atom stereocenters. The zero-order chi connectivity index (χ0) is 13.2. The van der Waals surface area contributed by atoms with Gasteiger partial charge in [-0.05, 0) is 52.3 Å². The first kappa shape index (κ1) is 13.2. The summed E-state index contributed by atoms with van der Waals surface area (Å²) in [5.74, 6) is 1.84. The molecule has 1 unspecified atom stereocenters. The zero-order valence-electron chi connectivity index (χ0n) is 11.7. The molecule has 0 bridgehead atoms. The van der Waals surface area contributed by atoms with Crippen molar-refractivity contribution in [2.45, 2.75) is 45.3 Å². The van der Waals surface area contributed by atoms with Crippen LogP contribution in [0.15, 0.2) is 18.2 Å². The molecular weight excluding hydrogens is 226 g/mol. The molecule has 2 rings (SSSR count). The second-order valence-electron chi connectivity index (χ2n) is 5.36. The van der Waals surface area contributed by atoms with Gasteiger partial charge < -0.3 is 14.8 Å². The van der Waals surface area contributed by atoms with Crippen LogP contribution < -0.4 is 14.8 Å². The number of hydrogen-bond acceptors (Lipinski definition) is 3. The van der Waals surface area contributed by atoms with Crippen LogP contribution in [-0.2, 0) is 5.54 Å². The van der Waals surface area contributed by atoms with Gasteiger partial charge in [-0.3, -0.25) is 0 Å². The van der Waals surface area contributed by atoms with Crippen LogP contribution in [0.5, 0.6) is 11.5 Å². The second-order valence-corrected chi connectivity index (χ2v) is 5.36. The molecule has 1 aliphatic rings. The van der Waals surface area contributed by atoms with Gasteiger partial charge in [-0.25, -0.2) is 0 Å². The fourth-order valence-corrected chi connectivity index (χ4v) is 2.69. The van der Waals surface area contributed by atoms with Crippen LogP contribution >= 0.6 is 0 Å². The smallest absolute Gasteiger partial charge is 0.128 e. The highest BCUT2D eigenvalue weighted by Gasteiger charge is 2.35. The molecule has 0 aromatic heterocycles. The quantitative estimate of drug-likeness (QED) is 0.889. The number of nitrogens with one attached hydrogen (secondary N) is 1. The average molecular weight is 249 g/mol. The maximum absolute atomic E-state index is 5.95. The Morgan fingerprint density at radius 3 is 2.56 bits per heavy atom. The highest BCUT2D eigenvalue weighted by atomic mass is 16.5. The van der Waals surface area contributed by atoms with Crippen molar-refractivity contribution in [3.05, 3.63) is 23.8 Å². The number of rotatable bonds is 4. The fourth-order valence-electron chi connectivity index (χ4n) is 2.69. The standard InChI is InChI=1S/C15H23NO2/c1-11(2)18-13-8-5-7-12(17-4)14(13)15(3)9-6-10-16-15/h5,7-8,11,16H,6,9-10H2,1-4H3. The minimum atomic E-state index is -0.0448. The van der Waals surface area contributed by atoms with Gasteiger partial charge in [0.15, 0.2) is 0 Å². The SMILES string of the molecule is COc1cccc(OC(C)C)c1C1(C)CCCN1. The van der Waals surface area contributed by atoms with Crippen molar-refractivity contribution in [1.29, 1.82) is 0 Å². The molecular formula is C15H23NO2. The van der Waals surface area contributed by atoms with Crippen molar-refractivity contribution in [2.75, 3.05) is 13.7 Å². The second kappa shape index (κ2) is 5.19. The molecule has 1 aromatic carbocycles. The third-order valence-corrected chi connectivity index (χ3v) is 3.49. The predicted octanol–water partition coefficient (Wildman–Crippen LogP) is 3.08. The van der Waals surface area contributed by atoms with E-state index in [2.05, 4.69) is 12.2 Å². The Bertz CT molecular complexity index is 409. The predicted molar refractivity (Wildman–Crippen MR) is 73.3 cm³/mol. The minimum Gasteiger partial charge on any atom is -0.496 e. The lowest BCUT2D eigenvalue weighted by Gasteiger charge is -2.29. The minimum absolute atomic E-state index is 0.0448. The summed E-state index contributed by atoms with van der Waals surface area (Å²) in [6.45, 7) is 7.38. The van der Waals surface area contributed by atoms with E-state index in [1.54, 1.807) is 7.11 Å². The Labute approximate surface area is 109 Å². The Hall–Kier alpha value is -1.22. The molecule has 1 N–H and O–H groups in total. The van der Waals surface area contributed by atoms with E-state index in [4.69, 9.17) is 9.47 Å². The molecule has 1 fully saturated rings. The molecule has 0 amide bonds. The first-order valence-electron chi connectivity index (χ1n) is 6.66. The van der Waals surface area contributed by atoms with E-state index in [1.165, 1.54) is 6.42 Å². The third kappa shape index (κ3) is 2.46. The van der Waals surface area contributed by atoms with Gasteiger partial charge in [-0.2, -0.15) is 0 Å². The van der Waals surface area contributed by atoms with E-state index in [0.29, 0.717) is 0 Å². The summed E-state index contributed by atoms with van der Waals surface area (Å²) in [6.07, 6.45) is 2.47. The summed E-state index contributed by atoms with van der Waals surface area (Å²) in [5.41, 5.74) is 1.11. The van der Waals surface area contributed by atoms with Gasteiger partial charge in [0.25, 0.3) is 0 Å². The van der Waals surface area contributed by atoms with Crippen molar-refractivity contribution >= 4 is 0 Å². The van der Waals surface area contributed by atoms with Crippen molar-refractivity contribution in [1.82, 2.24) is 5.32 Å². The van der Waals surface area contributed by atoms with Gasteiger partial charge in [0.1, 0.15) is 11.5 Å². The number of benzene rings is 1. The van der Waals surface area contributed by atoms with Crippen LogP contribution in [-0.4, -0.2) is 19.8 Å². The molecule has 0 radical (unpaired) electrons. The normalized spacial score (nSPS) is 23.4. The molecule has 3 heteroatoms. The van der Waals surface area contributed by atoms with E-state index in [-0.39, 0.29) is 11.6 Å². The summed E-state index contributed by atoms with van der Waals surface area (Å²) in [5, 5.41) is 3.58. The topological polar surface area (TPSA) is 30.5 Å². The largest absolute Gasteiger partial charge is 0.496 e. The molecule has 100 valence electrons. The van der Waals surface area contributed by atoms with E-state index < -0.39 is 0 Å². The summed E-state index contributed by atoms with van der Waals surface area (Å²) in [6, 6.07) is 6.02. The maximum Gasteiger partial charge on any atom is 0.128 e. The average Bonchev–Trinajstić information content (AvgIpc) is 2.75. The Balaban J connectivity index is 2.46. The lowest BCUT2D eigenvalue weighted by Crippen LogP contribution is -2.34. The van der Waals surface area contributed by atoms with Crippen LogP contribution in [0.2, 0.25) is 0 Å². The Morgan fingerprint density at radius 2 is 2.00 bits per heavy atom. The highest BCUT2D eigenvalue weighted by molar-refractivity contribution is 5.49. The summed E-state index contributed by atoms with van der Waals surface area (Å²) in [4.78, 5) is 0. The van der Waals surface area contributed by atoms with Gasteiger partial charge >= 0.3 is 0 Å².